The summed E-state index contributed by atoms with van der Waals surface area (Å²) in [5.74, 6) is 1.57. The predicted molar refractivity (Wildman–Crippen MR) is 122 cm³/mol. The zero-order chi connectivity index (χ0) is 24.5. The van der Waals surface area contributed by atoms with Crippen LogP contribution >= 0.6 is 0 Å². The maximum absolute atomic E-state index is 13.0. The van der Waals surface area contributed by atoms with E-state index in [1.165, 1.54) is 48.1 Å². The predicted octanol–water partition coefficient (Wildman–Crippen LogP) is 2.61. The van der Waals surface area contributed by atoms with E-state index in [1.807, 2.05) is 0 Å². The molecule has 35 heavy (non-hydrogen) atoms. The van der Waals surface area contributed by atoms with Gasteiger partial charge in [-0.2, -0.15) is 10.1 Å². The van der Waals surface area contributed by atoms with E-state index in [0.29, 0.717) is 22.9 Å². The van der Waals surface area contributed by atoms with E-state index in [4.69, 9.17) is 14.0 Å². The van der Waals surface area contributed by atoms with Gasteiger partial charge in [-0.3, -0.25) is 19.5 Å². The molecule has 0 N–H and O–H groups in total. The van der Waals surface area contributed by atoms with Crippen LogP contribution in [0, 0.1) is 10.1 Å². The first-order chi connectivity index (χ1) is 17.0. The monoisotopic (exact) mass is 475 g/mol. The van der Waals surface area contributed by atoms with Gasteiger partial charge < -0.3 is 14.0 Å². The molecule has 176 valence electrons. The number of hydrogen-bond donors (Lipinski definition) is 0. The fraction of sp³-hybridized carbons (Fsp3) is 0.136. The number of nitro benzene ring substituents is 1. The van der Waals surface area contributed by atoms with Crippen molar-refractivity contribution in [3.8, 4) is 28.6 Å². The van der Waals surface area contributed by atoms with Gasteiger partial charge in [-0.05, 0) is 24.3 Å². The maximum atomic E-state index is 13.0. The zero-order valence-electron chi connectivity index (χ0n) is 18.5. The molecule has 0 unspecified atom stereocenters. The number of nitrogens with zero attached hydrogens (tertiary/aromatic N) is 7. The van der Waals surface area contributed by atoms with Crippen molar-refractivity contribution < 1.29 is 18.9 Å². The number of rotatable bonds is 7. The van der Waals surface area contributed by atoms with Crippen molar-refractivity contribution in [2.45, 2.75) is 6.54 Å². The Kier molecular flexibility index (Phi) is 5.41. The van der Waals surface area contributed by atoms with E-state index in [0.717, 1.165) is 0 Å². The Morgan fingerprint density at radius 1 is 1.11 bits per heavy atom. The summed E-state index contributed by atoms with van der Waals surface area (Å²) < 4.78 is 18.4. The molecule has 13 nitrogen and oxygen atoms in total. The largest absolute Gasteiger partial charge is 0.493 e. The maximum Gasteiger partial charge on any atom is 0.294 e. The van der Waals surface area contributed by atoms with Gasteiger partial charge in [0.15, 0.2) is 17.1 Å². The van der Waals surface area contributed by atoms with Crippen molar-refractivity contribution in [2.24, 2.45) is 0 Å². The molecule has 0 aliphatic rings. The Labute approximate surface area is 196 Å². The van der Waals surface area contributed by atoms with Gasteiger partial charge in [0, 0.05) is 11.6 Å². The Morgan fingerprint density at radius 2 is 1.91 bits per heavy atom. The van der Waals surface area contributed by atoms with E-state index >= 15 is 0 Å². The molecule has 13 heteroatoms. The van der Waals surface area contributed by atoms with Crippen LogP contribution in [-0.4, -0.2) is 48.6 Å². The molecule has 2 aromatic carbocycles. The van der Waals surface area contributed by atoms with Gasteiger partial charge >= 0.3 is 0 Å². The van der Waals surface area contributed by atoms with E-state index < -0.39 is 10.5 Å². The van der Waals surface area contributed by atoms with Gasteiger partial charge in [0.05, 0.1) is 25.3 Å². The normalized spacial score (nSPS) is 11.0. The first-order valence-corrected chi connectivity index (χ1v) is 10.2. The van der Waals surface area contributed by atoms with E-state index in [-0.39, 0.29) is 34.8 Å². The van der Waals surface area contributed by atoms with E-state index in [1.54, 1.807) is 30.3 Å². The molecule has 0 saturated carbocycles. The average molecular weight is 475 g/mol. The molecule has 0 radical (unpaired) electrons. The molecular weight excluding hydrogens is 458 g/mol. The molecule has 0 spiro atoms. The van der Waals surface area contributed by atoms with Crippen LogP contribution in [0.15, 0.2) is 64.3 Å². The lowest BCUT2D eigenvalue weighted by atomic mass is 10.2. The molecule has 5 aromatic rings. The van der Waals surface area contributed by atoms with Crippen LogP contribution in [0.2, 0.25) is 0 Å². The highest BCUT2D eigenvalue weighted by molar-refractivity contribution is 5.76. The van der Waals surface area contributed by atoms with Crippen LogP contribution < -0.4 is 15.0 Å². The number of para-hydroxylation sites is 2. The molecule has 3 heterocycles. The third-order valence-electron chi connectivity index (χ3n) is 5.28. The van der Waals surface area contributed by atoms with Gasteiger partial charge in [-0.1, -0.05) is 17.3 Å². The first-order valence-electron chi connectivity index (χ1n) is 10.2. The van der Waals surface area contributed by atoms with Crippen molar-refractivity contribution in [3.63, 3.8) is 0 Å². The van der Waals surface area contributed by atoms with Crippen molar-refractivity contribution in [1.82, 2.24) is 29.5 Å². The minimum atomic E-state index is -0.518. The molecule has 0 saturated heterocycles. The molecule has 0 atom stereocenters. The van der Waals surface area contributed by atoms with Gasteiger partial charge in [0.1, 0.15) is 23.9 Å². The summed E-state index contributed by atoms with van der Waals surface area (Å²) in [6.07, 6.45) is 2.62. The van der Waals surface area contributed by atoms with Crippen molar-refractivity contribution in [3.05, 3.63) is 81.3 Å². The highest BCUT2D eigenvalue weighted by atomic mass is 16.6. The third kappa shape index (κ3) is 3.84. The second-order valence-electron chi connectivity index (χ2n) is 7.30. The summed E-state index contributed by atoms with van der Waals surface area (Å²) in [5.41, 5.74) is 0.470. The second kappa shape index (κ2) is 8.70. The SMILES string of the molecule is COc1ccc(-c2noc(Cn3cnc4c(cnn4-c4ccccc4[N+](=O)[O-])c3=O)n2)cc1OC. The molecule has 0 amide bonds. The Bertz CT molecular complexity index is 1620. The quantitative estimate of drug-likeness (QED) is 0.253. The van der Waals surface area contributed by atoms with Gasteiger partial charge in [0.25, 0.3) is 11.2 Å². The highest BCUT2D eigenvalue weighted by Gasteiger charge is 2.20. The Morgan fingerprint density at radius 3 is 2.69 bits per heavy atom. The molecular formula is C22H17N7O6. The topological polar surface area (TPSA) is 153 Å². The van der Waals surface area contributed by atoms with Crippen LogP contribution in [0.25, 0.3) is 28.1 Å². The summed E-state index contributed by atoms with van der Waals surface area (Å²) in [6.45, 7) is -0.0290. The molecule has 0 aliphatic heterocycles. The Hall–Kier alpha value is -5.07. The summed E-state index contributed by atoms with van der Waals surface area (Å²) in [7, 11) is 3.06. The molecule has 5 rings (SSSR count). The lowest BCUT2D eigenvalue weighted by Gasteiger charge is -2.07. The summed E-state index contributed by atoms with van der Waals surface area (Å²) in [4.78, 5) is 32.6. The fourth-order valence-electron chi connectivity index (χ4n) is 3.59. The number of benzene rings is 2. The number of fused-ring (bicyclic) bond motifs is 1. The van der Waals surface area contributed by atoms with Crippen molar-refractivity contribution in [2.75, 3.05) is 14.2 Å². The summed E-state index contributed by atoms with van der Waals surface area (Å²) in [6, 6.07) is 11.3. The summed E-state index contributed by atoms with van der Waals surface area (Å²) >= 11 is 0. The first kappa shape index (κ1) is 21.8. The van der Waals surface area contributed by atoms with Crippen LogP contribution in [0.4, 0.5) is 5.69 Å². The van der Waals surface area contributed by atoms with Gasteiger partial charge in [-0.15, -0.1) is 0 Å². The number of ether oxygens (including phenoxy) is 2. The minimum Gasteiger partial charge on any atom is -0.493 e. The van der Waals surface area contributed by atoms with Gasteiger partial charge in [-0.25, -0.2) is 9.67 Å². The molecule has 0 aliphatic carbocycles. The van der Waals surface area contributed by atoms with Crippen LogP contribution in [-0.2, 0) is 6.54 Å². The van der Waals surface area contributed by atoms with E-state index in [2.05, 4.69) is 20.2 Å². The Balaban J connectivity index is 1.46. The van der Waals surface area contributed by atoms with Crippen molar-refractivity contribution in [1.29, 1.82) is 0 Å². The number of aromatic nitrogens is 6. The van der Waals surface area contributed by atoms with Gasteiger partial charge in [0.2, 0.25) is 11.7 Å². The lowest BCUT2D eigenvalue weighted by Crippen LogP contribution is -2.21. The number of methoxy groups -OCH3 is 2. The average Bonchev–Trinajstić information content (AvgIpc) is 3.53. The van der Waals surface area contributed by atoms with Crippen LogP contribution in [0.1, 0.15) is 5.89 Å². The number of hydrogen-bond acceptors (Lipinski definition) is 10. The van der Waals surface area contributed by atoms with Crippen LogP contribution in [0.5, 0.6) is 11.5 Å². The molecule has 3 aromatic heterocycles. The van der Waals surface area contributed by atoms with Crippen LogP contribution in [0.3, 0.4) is 0 Å². The molecule has 0 fully saturated rings. The lowest BCUT2D eigenvalue weighted by molar-refractivity contribution is -0.384. The number of nitro groups is 1. The highest BCUT2D eigenvalue weighted by Crippen LogP contribution is 2.31. The zero-order valence-corrected chi connectivity index (χ0v) is 18.5. The standard InChI is InChI=1S/C22H17N7O6/c1-33-17-8-7-13(9-18(17)34-2)20-25-19(35-26-20)11-27-12-23-21-14(22(27)30)10-24-28(21)15-5-3-4-6-16(15)29(31)32/h3-10,12H,11H2,1-2H3. The summed E-state index contributed by atoms with van der Waals surface area (Å²) in [5, 5.41) is 19.7. The minimum absolute atomic E-state index is 0.0290. The van der Waals surface area contributed by atoms with Crippen molar-refractivity contribution >= 4 is 16.7 Å². The fourth-order valence-corrected chi connectivity index (χ4v) is 3.59. The van der Waals surface area contributed by atoms with E-state index in [9.17, 15) is 14.9 Å². The second-order valence-corrected chi connectivity index (χ2v) is 7.30. The third-order valence-corrected chi connectivity index (χ3v) is 5.28. The molecule has 0 bridgehead atoms. The smallest absolute Gasteiger partial charge is 0.294 e.